The fourth-order valence-electron chi connectivity index (χ4n) is 3.77. The molecule has 0 aliphatic heterocycles. The molecule has 5 rings (SSSR count). The van der Waals surface area contributed by atoms with E-state index in [0.717, 1.165) is 45.5 Å². The van der Waals surface area contributed by atoms with Crippen LogP contribution in [0.15, 0.2) is 77.7 Å². The molecule has 144 valence electrons. The Hall–Kier alpha value is -3.67. The highest BCUT2D eigenvalue weighted by Gasteiger charge is 2.17. The number of rotatable bonds is 6. The number of nitrogens with zero attached hydrogens (tertiary/aromatic N) is 2. The first kappa shape index (κ1) is 17.4. The molecule has 5 aromatic rings. The van der Waals surface area contributed by atoms with Gasteiger partial charge in [0.05, 0.1) is 6.26 Å². The second-order valence-electron chi connectivity index (χ2n) is 6.95. The summed E-state index contributed by atoms with van der Waals surface area (Å²) in [6, 6.07) is 18.5. The Morgan fingerprint density at radius 2 is 1.86 bits per heavy atom. The van der Waals surface area contributed by atoms with Crippen molar-refractivity contribution in [2.45, 2.75) is 12.3 Å². The summed E-state index contributed by atoms with van der Waals surface area (Å²) in [6.07, 6.45) is 4.01. The predicted octanol–water partition coefficient (Wildman–Crippen LogP) is 5.48. The first-order valence-corrected chi connectivity index (χ1v) is 9.54. The number of furan rings is 1. The molecule has 0 amide bonds. The first-order valence-electron chi connectivity index (χ1n) is 9.54. The molecule has 0 radical (unpaired) electrons. The van der Waals surface area contributed by atoms with Crippen LogP contribution >= 0.6 is 0 Å². The highest BCUT2D eigenvalue weighted by molar-refractivity contribution is 6.07. The fraction of sp³-hybridized carbons (Fsp3) is 0.130. The maximum absolute atomic E-state index is 13.3. The number of aromatic nitrogens is 3. The van der Waals surface area contributed by atoms with Crippen molar-refractivity contribution in [1.29, 1.82) is 0 Å². The highest BCUT2D eigenvalue weighted by atomic mass is 19.1. The predicted molar refractivity (Wildman–Crippen MR) is 111 cm³/mol. The molecule has 2 aromatic carbocycles. The monoisotopic (exact) mass is 386 g/mol. The standard InChI is InChI=1S/C23H19FN4O/c24-16-9-7-15(8-10-16)17(20-6-3-13-29-20)11-12-25-23-22-21(26-14-27-23)18-4-1-2-5-19(18)28-22/h1-10,13-14,17,28H,11-12H2,(H,25,26,27)/t17-/m0/s1. The number of benzene rings is 2. The minimum absolute atomic E-state index is 0.0261. The molecule has 6 heteroatoms. The van der Waals surface area contributed by atoms with Gasteiger partial charge >= 0.3 is 0 Å². The number of aromatic amines is 1. The van der Waals surface area contributed by atoms with Gasteiger partial charge < -0.3 is 14.7 Å². The smallest absolute Gasteiger partial charge is 0.153 e. The Balaban J connectivity index is 1.39. The van der Waals surface area contributed by atoms with Crippen molar-refractivity contribution in [2.24, 2.45) is 0 Å². The van der Waals surface area contributed by atoms with E-state index in [-0.39, 0.29) is 11.7 Å². The number of H-pyrrole nitrogens is 1. The maximum atomic E-state index is 13.3. The molecule has 0 fully saturated rings. The molecule has 5 nitrogen and oxygen atoms in total. The maximum Gasteiger partial charge on any atom is 0.153 e. The van der Waals surface area contributed by atoms with Gasteiger partial charge in [0.1, 0.15) is 28.9 Å². The van der Waals surface area contributed by atoms with Gasteiger partial charge in [0.2, 0.25) is 0 Å². The largest absolute Gasteiger partial charge is 0.469 e. The summed E-state index contributed by atoms with van der Waals surface area (Å²) in [5.41, 5.74) is 3.84. The lowest BCUT2D eigenvalue weighted by atomic mass is 9.93. The molecule has 0 saturated heterocycles. The summed E-state index contributed by atoms with van der Waals surface area (Å²) in [5, 5.41) is 4.50. The molecule has 0 unspecified atom stereocenters. The highest BCUT2D eigenvalue weighted by Crippen LogP contribution is 2.30. The van der Waals surface area contributed by atoms with Crippen LogP contribution < -0.4 is 5.32 Å². The lowest BCUT2D eigenvalue weighted by Crippen LogP contribution is -2.10. The third-order valence-corrected chi connectivity index (χ3v) is 5.17. The zero-order valence-corrected chi connectivity index (χ0v) is 15.6. The molecular weight excluding hydrogens is 367 g/mol. The van der Waals surface area contributed by atoms with Crippen molar-refractivity contribution in [3.05, 3.63) is 90.4 Å². The second-order valence-corrected chi connectivity index (χ2v) is 6.95. The van der Waals surface area contributed by atoms with Gasteiger partial charge in [0.15, 0.2) is 5.82 Å². The van der Waals surface area contributed by atoms with E-state index in [1.54, 1.807) is 12.6 Å². The number of anilines is 1. The molecule has 3 aromatic heterocycles. The summed E-state index contributed by atoms with van der Waals surface area (Å²) >= 11 is 0. The average Bonchev–Trinajstić information content (AvgIpc) is 3.40. The van der Waals surface area contributed by atoms with Crippen LogP contribution in [0.3, 0.4) is 0 Å². The lowest BCUT2D eigenvalue weighted by Gasteiger charge is -2.16. The third kappa shape index (κ3) is 3.33. The van der Waals surface area contributed by atoms with Crippen molar-refractivity contribution in [1.82, 2.24) is 15.0 Å². The van der Waals surface area contributed by atoms with E-state index >= 15 is 0 Å². The second kappa shape index (κ2) is 7.39. The van der Waals surface area contributed by atoms with E-state index < -0.39 is 0 Å². The van der Waals surface area contributed by atoms with Crippen molar-refractivity contribution in [3.63, 3.8) is 0 Å². The number of para-hydroxylation sites is 1. The Kier molecular flexibility index (Phi) is 4.44. The zero-order chi connectivity index (χ0) is 19.6. The van der Waals surface area contributed by atoms with E-state index in [4.69, 9.17) is 4.42 Å². The lowest BCUT2D eigenvalue weighted by molar-refractivity contribution is 0.477. The number of hydrogen-bond donors (Lipinski definition) is 2. The van der Waals surface area contributed by atoms with Gasteiger partial charge in [-0.3, -0.25) is 0 Å². The summed E-state index contributed by atoms with van der Waals surface area (Å²) in [6.45, 7) is 0.671. The Bertz CT molecular complexity index is 1250. The molecule has 0 aliphatic rings. The van der Waals surface area contributed by atoms with Crippen LogP contribution in [0.25, 0.3) is 21.9 Å². The van der Waals surface area contributed by atoms with E-state index in [9.17, 15) is 4.39 Å². The summed E-state index contributed by atoms with van der Waals surface area (Å²) in [4.78, 5) is 12.3. The minimum atomic E-state index is -0.243. The first-order chi connectivity index (χ1) is 14.3. The molecule has 0 spiro atoms. The van der Waals surface area contributed by atoms with Crippen LogP contribution in [0.4, 0.5) is 10.2 Å². The van der Waals surface area contributed by atoms with Gasteiger partial charge in [-0.05, 0) is 42.3 Å². The van der Waals surface area contributed by atoms with E-state index in [1.165, 1.54) is 12.1 Å². The van der Waals surface area contributed by atoms with Crippen molar-refractivity contribution < 1.29 is 8.81 Å². The van der Waals surface area contributed by atoms with E-state index in [0.29, 0.717) is 6.54 Å². The Morgan fingerprint density at radius 1 is 1.00 bits per heavy atom. The molecule has 0 aliphatic carbocycles. The van der Waals surface area contributed by atoms with Gasteiger partial charge in [-0.1, -0.05) is 30.3 Å². The molecular formula is C23H19FN4O. The average molecular weight is 386 g/mol. The molecule has 3 heterocycles. The van der Waals surface area contributed by atoms with Gasteiger partial charge in [0, 0.05) is 23.4 Å². The molecule has 29 heavy (non-hydrogen) atoms. The van der Waals surface area contributed by atoms with Gasteiger partial charge in [-0.15, -0.1) is 0 Å². The third-order valence-electron chi connectivity index (χ3n) is 5.17. The SMILES string of the molecule is Fc1ccc([C@H](CCNc2ncnc3c2[nH]c2ccccc23)c2ccco2)cc1. The minimum Gasteiger partial charge on any atom is -0.469 e. The van der Waals surface area contributed by atoms with Crippen LogP contribution in [0.1, 0.15) is 23.7 Å². The van der Waals surface area contributed by atoms with Gasteiger partial charge in [0.25, 0.3) is 0 Å². The number of fused-ring (bicyclic) bond motifs is 3. The van der Waals surface area contributed by atoms with Crippen LogP contribution in [-0.2, 0) is 0 Å². The van der Waals surface area contributed by atoms with Crippen molar-refractivity contribution >= 4 is 27.8 Å². The molecule has 2 N–H and O–H groups in total. The summed E-state index contributed by atoms with van der Waals surface area (Å²) in [5.74, 6) is 1.41. The van der Waals surface area contributed by atoms with Crippen LogP contribution in [0, 0.1) is 5.82 Å². The van der Waals surface area contributed by atoms with E-state index in [2.05, 4.69) is 20.3 Å². The van der Waals surface area contributed by atoms with E-state index in [1.807, 2.05) is 48.5 Å². The number of halogens is 1. The fourth-order valence-corrected chi connectivity index (χ4v) is 3.77. The normalized spacial score (nSPS) is 12.4. The van der Waals surface area contributed by atoms with Crippen LogP contribution in [0.2, 0.25) is 0 Å². The number of hydrogen-bond acceptors (Lipinski definition) is 4. The Morgan fingerprint density at radius 3 is 2.69 bits per heavy atom. The van der Waals surface area contributed by atoms with Crippen LogP contribution in [0.5, 0.6) is 0 Å². The molecule has 0 bridgehead atoms. The zero-order valence-electron chi connectivity index (χ0n) is 15.6. The van der Waals surface area contributed by atoms with Gasteiger partial charge in [-0.25, -0.2) is 14.4 Å². The quantitative estimate of drug-likeness (QED) is 0.406. The number of nitrogens with one attached hydrogen (secondary N) is 2. The molecule has 0 saturated carbocycles. The summed E-state index contributed by atoms with van der Waals surface area (Å²) in [7, 11) is 0. The van der Waals surface area contributed by atoms with Crippen LogP contribution in [-0.4, -0.2) is 21.5 Å². The van der Waals surface area contributed by atoms with Crippen molar-refractivity contribution in [2.75, 3.05) is 11.9 Å². The Labute approximate surface area is 166 Å². The van der Waals surface area contributed by atoms with Gasteiger partial charge in [-0.2, -0.15) is 0 Å². The molecule has 1 atom stereocenters. The summed E-state index contributed by atoms with van der Waals surface area (Å²) < 4.78 is 19.0. The topological polar surface area (TPSA) is 66.7 Å². The van der Waals surface area contributed by atoms with Crippen molar-refractivity contribution in [3.8, 4) is 0 Å².